The fraction of sp³-hybridized carbons (Fsp3) is 0.520. The van der Waals surface area contributed by atoms with E-state index < -0.39 is 0 Å². The summed E-state index contributed by atoms with van der Waals surface area (Å²) in [5.41, 5.74) is 2.12. The number of carbonyl (C=O) groups excluding carboxylic acids is 2. The molecule has 0 unspecified atom stereocenters. The molecule has 170 valence electrons. The van der Waals surface area contributed by atoms with Crippen molar-refractivity contribution in [3.05, 3.63) is 48.2 Å². The number of benzene rings is 1. The third kappa shape index (κ3) is 5.44. The molecular formula is C25H33N5O2. The van der Waals surface area contributed by atoms with Crippen molar-refractivity contribution >= 4 is 23.3 Å². The highest BCUT2D eigenvalue weighted by molar-refractivity contribution is 5.93. The third-order valence-electron chi connectivity index (χ3n) is 6.52. The molecular weight excluding hydrogens is 402 g/mol. The lowest BCUT2D eigenvalue weighted by Gasteiger charge is -2.32. The van der Waals surface area contributed by atoms with Crippen LogP contribution in [0, 0.1) is 11.8 Å². The summed E-state index contributed by atoms with van der Waals surface area (Å²) in [4.78, 5) is 29.1. The summed E-state index contributed by atoms with van der Waals surface area (Å²) >= 11 is 0. The fourth-order valence-electron chi connectivity index (χ4n) is 4.67. The maximum Gasteiger partial charge on any atom is 0.229 e. The Morgan fingerprint density at radius 2 is 1.81 bits per heavy atom. The van der Waals surface area contributed by atoms with Crippen LogP contribution in [0.25, 0.3) is 0 Å². The Bertz CT molecular complexity index is 908. The van der Waals surface area contributed by atoms with E-state index in [1.165, 1.54) is 5.56 Å². The van der Waals surface area contributed by atoms with Gasteiger partial charge in [0.25, 0.3) is 0 Å². The monoisotopic (exact) mass is 435 g/mol. The molecule has 7 nitrogen and oxygen atoms in total. The van der Waals surface area contributed by atoms with E-state index in [4.69, 9.17) is 0 Å². The van der Waals surface area contributed by atoms with E-state index in [0.717, 1.165) is 50.4 Å². The Morgan fingerprint density at radius 1 is 1.06 bits per heavy atom. The number of amides is 2. The zero-order valence-electron chi connectivity index (χ0n) is 19.0. The highest BCUT2D eigenvalue weighted by Crippen LogP contribution is 2.30. The molecule has 2 amide bonds. The minimum absolute atomic E-state index is 0.0515. The largest absolute Gasteiger partial charge is 0.354 e. The van der Waals surface area contributed by atoms with E-state index in [1.807, 2.05) is 29.2 Å². The Kier molecular flexibility index (Phi) is 7.02. The van der Waals surface area contributed by atoms with Gasteiger partial charge in [0.1, 0.15) is 0 Å². The predicted molar refractivity (Wildman–Crippen MR) is 125 cm³/mol. The summed E-state index contributed by atoms with van der Waals surface area (Å²) in [6.07, 6.45) is 5.10. The van der Waals surface area contributed by atoms with Crippen LogP contribution in [0.3, 0.4) is 0 Å². The molecule has 2 aliphatic rings. The van der Waals surface area contributed by atoms with Gasteiger partial charge in [-0.05, 0) is 60.9 Å². The Hall–Kier alpha value is -2.96. The van der Waals surface area contributed by atoms with Gasteiger partial charge in [-0.1, -0.05) is 26.0 Å². The molecule has 7 heteroatoms. The number of rotatable bonds is 6. The number of nitrogens with zero attached hydrogens (tertiary/aromatic N) is 4. The zero-order chi connectivity index (χ0) is 22.5. The number of aromatic nitrogens is 2. The number of nitrogens with one attached hydrogen (secondary N) is 1. The van der Waals surface area contributed by atoms with Crippen LogP contribution < -0.4 is 10.2 Å². The maximum atomic E-state index is 12.7. The van der Waals surface area contributed by atoms with Crippen LogP contribution in [0.5, 0.6) is 0 Å². The van der Waals surface area contributed by atoms with Crippen LogP contribution in [-0.2, 0) is 9.59 Å². The number of hydrogen-bond donors (Lipinski definition) is 1. The van der Waals surface area contributed by atoms with Crippen molar-refractivity contribution in [1.29, 1.82) is 0 Å². The van der Waals surface area contributed by atoms with Gasteiger partial charge in [-0.25, -0.2) is 0 Å². The van der Waals surface area contributed by atoms with E-state index in [0.29, 0.717) is 24.8 Å². The first-order chi connectivity index (χ1) is 15.5. The normalized spacial score (nSPS) is 19.4. The summed E-state index contributed by atoms with van der Waals surface area (Å²) < 4.78 is 0. The number of piperidine rings is 1. The predicted octanol–water partition coefficient (Wildman–Crippen LogP) is 3.69. The van der Waals surface area contributed by atoms with Crippen LogP contribution in [0.4, 0.5) is 11.5 Å². The van der Waals surface area contributed by atoms with Crippen molar-refractivity contribution < 1.29 is 9.59 Å². The fourth-order valence-corrected chi connectivity index (χ4v) is 4.67. The van der Waals surface area contributed by atoms with Gasteiger partial charge in [-0.2, -0.15) is 5.10 Å². The Balaban J connectivity index is 1.26. The Morgan fingerprint density at radius 3 is 2.47 bits per heavy atom. The van der Waals surface area contributed by atoms with E-state index in [-0.39, 0.29) is 17.7 Å². The lowest BCUT2D eigenvalue weighted by Crippen LogP contribution is -2.38. The molecule has 2 fully saturated rings. The van der Waals surface area contributed by atoms with E-state index in [9.17, 15) is 9.59 Å². The molecule has 0 radical (unpaired) electrons. The summed E-state index contributed by atoms with van der Waals surface area (Å²) in [6, 6.07) is 12.0. The molecule has 1 atom stereocenters. The van der Waals surface area contributed by atoms with E-state index >= 15 is 0 Å². The van der Waals surface area contributed by atoms with Crippen LogP contribution in [0.2, 0.25) is 0 Å². The molecule has 2 aromatic rings. The summed E-state index contributed by atoms with van der Waals surface area (Å²) in [5, 5.41) is 11.1. The molecule has 1 N–H and O–H groups in total. The van der Waals surface area contributed by atoms with Gasteiger partial charge in [0.15, 0.2) is 5.82 Å². The second-order valence-corrected chi connectivity index (χ2v) is 9.38. The first-order valence-corrected chi connectivity index (χ1v) is 11.7. The number of anilines is 2. The molecule has 1 aromatic carbocycles. The molecule has 0 saturated carbocycles. The van der Waals surface area contributed by atoms with Gasteiger partial charge in [-0.15, -0.1) is 5.10 Å². The number of likely N-dealkylation sites (tertiary alicyclic amines) is 1. The maximum absolute atomic E-state index is 12.7. The van der Waals surface area contributed by atoms with Crippen molar-refractivity contribution in [3.8, 4) is 0 Å². The highest BCUT2D eigenvalue weighted by atomic mass is 16.2. The van der Waals surface area contributed by atoms with Crippen LogP contribution in [0.1, 0.15) is 51.0 Å². The average molecular weight is 436 g/mol. The van der Waals surface area contributed by atoms with Gasteiger partial charge in [-0.3, -0.25) is 9.59 Å². The van der Waals surface area contributed by atoms with Gasteiger partial charge >= 0.3 is 0 Å². The first-order valence-electron chi connectivity index (χ1n) is 11.7. The smallest absolute Gasteiger partial charge is 0.229 e. The lowest BCUT2D eigenvalue weighted by atomic mass is 9.89. The molecule has 2 aliphatic heterocycles. The molecule has 4 rings (SSSR count). The molecule has 0 spiro atoms. The second kappa shape index (κ2) is 10.1. The van der Waals surface area contributed by atoms with E-state index in [1.54, 1.807) is 6.20 Å². The van der Waals surface area contributed by atoms with Gasteiger partial charge in [0.05, 0.1) is 5.92 Å². The summed E-state index contributed by atoms with van der Waals surface area (Å²) in [6.45, 7) is 7.32. The standard InChI is InChI=1S/C25H33N5O2/c1-18(2)16-24(31)29-13-9-20(10-14-29)19-5-7-22(8-6-19)27-25(32)21-11-15-30(17-21)23-4-3-12-26-28-23/h3-8,12,18,20-21H,9-11,13-17H2,1-2H3,(H,27,32)/t21-/m0/s1. The van der Waals surface area contributed by atoms with Crippen LogP contribution >= 0.6 is 0 Å². The van der Waals surface area contributed by atoms with Crippen molar-refractivity contribution in [2.24, 2.45) is 11.8 Å². The first kappa shape index (κ1) is 22.2. The Labute approximate surface area is 190 Å². The molecule has 3 heterocycles. The highest BCUT2D eigenvalue weighted by Gasteiger charge is 2.29. The van der Waals surface area contributed by atoms with Crippen molar-refractivity contribution in [2.45, 2.75) is 45.4 Å². The number of hydrogen-bond acceptors (Lipinski definition) is 5. The minimum Gasteiger partial charge on any atom is -0.354 e. The zero-order valence-corrected chi connectivity index (χ0v) is 19.0. The molecule has 32 heavy (non-hydrogen) atoms. The SMILES string of the molecule is CC(C)CC(=O)N1CCC(c2ccc(NC(=O)[C@H]3CCN(c4cccnn4)C3)cc2)CC1. The van der Waals surface area contributed by atoms with Crippen molar-refractivity contribution in [1.82, 2.24) is 15.1 Å². The van der Waals surface area contributed by atoms with Gasteiger partial charge in [0, 0.05) is 44.5 Å². The van der Waals surface area contributed by atoms with Crippen molar-refractivity contribution in [2.75, 3.05) is 36.4 Å². The summed E-state index contributed by atoms with van der Waals surface area (Å²) in [7, 11) is 0. The molecule has 1 aromatic heterocycles. The topological polar surface area (TPSA) is 78.4 Å². The van der Waals surface area contributed by atoms with E-state index in [2.05, 4.69) is 46.4 Å². The molecule has 0 aliphatic carbocycles. The summed E-state index contributed by atoms with van der Waals surface area (Å²) in [5.74, 6) is 1.98. The van der Waals surface area contributed by atoms with Gasteiger partial charge in [0.2, 0.25) is 11.8 Å². The molecule has 2 saturated heterocycles. The quantitative estimate of drug-likeness (QED) is 0.749. The minimum atomic E-state index is -0.0515. The van der Waals surface area contributed by atoms with Crippen LogP contribution in [-0.4, -0.2) is 53.1 Å². The second-order valence-electron chi connectivity index (χ2n) is 9.38. The molecule has 0 bridgehead atoms. The number of carbonyl (C=O) groups is 2. The van der Waals surface area contributed by atoms with Gasteiger partial charge < -0.3 is 15.1 Å². The van der Waals surface area contributed by atoms with Crippen LogP contribution in [0.15, 0.2) is 42.6 Å². The van der Waals surface area contributed by atoms with Crippen molar-refractivity contribution in [3.63, 3.8) is 0 Å². The third-order valence-corrected chi connectivity index (χ3v) is 6.52. The average Bonchev–Trinajstić information content (AvgIpc) is 3.30. The lowest BCUT2D eigenvalue weighted by molar-refractivity contribution is -0.133.